The maximum absolute atomic E-state index is 6.21. The fourth-order valence-corrected chi connectivity index (χ4v) is 3.65. The van der Waals surface area contributed by atoms with E-state index in [1.54, 1.807) is 0 Å². The van der Waals surface area contributed by atoms with Crippen LogP contribution in [0, 0.1) is 13.8 Å². The largest absolute Gasteiger partial charge is 0.490 e. The molecule has 1 aliphatic heterocycles. The van der Waals surface area contributed by atoms with E-state index in [0.717, 1.165) is 60.0 Å². The van der Waals surface area contributed by atoms with Gasteiger partial charge in [0.25, 0.3) is 0 Å². The van der Waals surface area contributed by atoms with Crippen LogP contribution in [-0.2, 0) is 0 Å². The van der Waals surface area contributed by atoms with Crippen molar-refractivity contribution >= 4 is 6.01 Å². The summed E-state index contributed by atoms with van der Waals surface area (Å²) in [4.78, 5) is 11.2. The lowest BCUT2D eigenvalue weighted by atomic mass is 10.0. The van der Waals surface area contributed by atoms with E-state index in [1.807, 2.05) is 32.0 Å². The van der Waals surface area contributed by atoms with Crippen molar-refractivity contribution in [3.63, 3.8) is 0 Å². The topological polar surface area (TPSA) is 64.3 Å². The van der Waals surface area contributed by atoms with Gasteiger partial charge in [-0.05, 0) is 37.6 Å². The summed E-state index contributed by atoms with van der Waals surface area (Å²) < 4.78 is 11.6. The zero-order valence-electron chi connectivity index (χ0n) is 17.6. The van der Waals surface area contributed by atoms with Crippen molar-refractivity contribution in [1.29, 1.82) is 0 Å². The summed E-state index contributed by atoms with van der Waals surface area (Å²) in [6.45, 7) is 9.91. The Morgan fingerprint density at radius 3 is 2.34 bits per heavy atom. The van der Waals surface area contributed by atoms with Crippen molar-refractivity contribution in [2.24, 2.45) is 0 Å². The van der Waals surface area contributed by atoms with Gasteiger partial charge in [0.1, 0.15) is 11.9 Å². The quantitative estimate of drug-likeness (QED) is 0.614. The smallest absolute Gasteiger partial charge is 0.324 e. The molecule has 0 saturated carbocycles. The Balaban J connectivity index is 1.34. The molecule has 0 aliphatic carbocycles. The van der Waals surface area contributed by atoms with Gasteiger partial charge in [-0.15, -0.1) is 0 Å². The van der Waals surface area contributed by atoms with E-state index in [0.29, 0.717) is 6.01 Å². The molecule has 0 unspecified atom stereocenters. The highest BCUT2D eigenvalue weighted by molar-refractivity contribution is 5.66. The molecule has 1 fully saturated rings. The van der Waals surface area contributed by atoms with E-state index in [4.69, 9.17) is 9.26 Å². The third kappa shape index (κ3) is 4.42. The molecule has 1 aromatic carbocycles. The maximum atomic E-state index is 6.21. The van der Waals surface area contributed by atoms with Crippen LogP contribution in [0.3, 0.4) is 0 Å². The van der Waals surface area contributed by atoms with Gasteiger partial charge in [-0.1, -0.05) is 37.2 Å². The van der Waals surface area contributed by atoms with E-state index in [2.05, 4.69) is 52.1 Å². The Kier molecular flexibility index (Phi) is 5.51. The molecule has 6 nitrogen and oxygen atoms in total. The number of pyridine rings is 1. The van der Waals surface area contributed by atoms with Gasteiger partial charge in [0.15, 0.2) is 5.82 Å². The number of rotatable bonds is 5. The molecule has 6 heteroatoms. The van der Waals surface area contributed by atoms with Crippen LogP contribution >= 0.6 is 0 Å². The molecule has 0 radical (unpaired) electrons. The van der Waals surface area contributed by atoms with Crippen molar-refractivity contribution in [3.8, 4) is 16.9 Å². The Bertz CT molecular complexity index is 957. The first-order valence-electron chi connectivity index (χ1n) is 10.3. The highest BCUT2D eigenvalue weighted by Crippen LogP contribution is 2.27. The van der Waals surface area contributed by atoms with E-state index in [1.165, 1.54) is 0 Å². The first-order chi connectivity index (χ1) is 14.0. The normalized spacial score (nSPS) is 15.1. The first kappa shape index (κ1) is 19.4. The number of aryl methyl sites for hydroxylation is 2. The lowest BCUT2D eigenvalue weighted by Gasteiger charge is -2.30. The van der Waals surface area contributed by atoms with Crippen LogP contribution in [0.5, 0.6) is 5.75 Å². The lowest BCUT2D eigenvalue weighted by Crippen LogP contribution is -2.38. The Morgan fingerprint density at radius 2 is 1.72 bits per heavy atom. The standard InChI is InChI=1S/C23H28N4O2/c1-15(2)22-25-23(29-26-22)27-13-11-20(12-14-27)28-19-8-6-18(7-9-19)21-10-5-16(3)24-17(21)4/h5-10,15,20H,11-14H2,1-4H3. The molecule has 3 heterocycles. The molecule has 1 saturated heterocycles. The minimum atomic E-state index is 0.201. The number of ether oxygens (including phenoxy) is 1. The second-order valence-electron chi connectivity index (χ2n) is 8.00. The molecule has 0 amide bonds. The molecule has 0 N–H and O–H groups in total. The van der Waals surface area contributed by atoms with Gasteiger partial charge in [-0.25, -0.2) is 0 Å². The average molecular weight is 393 g/mol. The van der Waals surface area contributed by atoms with Gasteiger partial charge in [0, 0.05) is 48.8 Å². The van der Waals surface area contributed by atoms with Crippen molar-refractivity contribution < 1.29 is 9.26 Å². The zero-order valence-corrected chi connectivity index (χ0v) is 17.6. The van der Waals surface area contributed by atoms with Crippen LogP contribution in [0.1, 0.15) is 49.8 Å². The van der Waals surface area contributed by atoms with Crippen molar-refractivity contribution in [2.75, 3.05) is 18.0 Å². The second kappa shape index (κ2) is 8.23. The molecule has 0 spiro atoms. The van der Waals surface area contributed by atoms with Gasteiger partial charge >= 0.3 is 6.01 Å². The van der Waals surface area contributed by atoms with Gasteiger partial charge in [0.05, 0.1) is 0 Å². The average Bonchev–Trinajstić information content (AvgIpc) is 3.20. The minimum absolute atomic E-state index is 0.201. The van der Waals surface area contributed by atoms with Crippen molar-refractivity contribution in [2.45, 2.75) is 52.6 Å². The molecule has 0 atom stereocenters. The van der Waals surface area contributed by atoms with Crippen LogP contribution in [-0.4, -0.2) is 34.3 Å². The molecule has 4 rings (SSSR count). The van der Waals surface area contributed by atoms with Gasteiger partial charge in [-0.3, -0.25) is 4.98 Å². The maximum Gasteiger partial charge on any atom is 0.324 e. The number of hydrogen-bond donors (Lipinski definition) is 0. The van der Waals surface area contributed by atoms with Gasteiger partial charge in [-0.2, -0.15) is 4.98 Å². The van der Waals surface area contributed by atoms with Gasteiger partial charge < -0.3 is 14.2 Å². The third-order valence-corrected chi connectivity index (χ3v) is 5.35. The summed E-state index contributed by atoms with van der Waals surface area (Å²) in [6.07, 6.45) is 2.07. The molecule has 2 aromatic heterocycles. The Hall–Kier alpha value is -2.89. The number of aromatic nitrogens is 3. The number of benzene rings is 1. The van der Waals surface area contributed by atoms with E-state index in [-0.39, 0.29) is 12.0 Å². The lowest BCUT2D eigenvalue weighted by molar-refractivity contribution is 0.168. The molecule has 3 aromatic rings. The summed E-state index contributed by atoms with van der Waals surface area (Å²) in [6, 6.07) is 13.1. The molecule has 0 bridgehead atoms. The predicted octanol–water partition coefficient (Wildman–Crippen LogP) is 4.92. The summed E-state index contributed by atoms with van der Waals surface area (Å²) in [5, 5.41) is 4.06. The van der Waals surface area contributed by atoms with Crippen molar-refractivity contribution in [3.05, 3.63) is 53.6 Å². The number of hydrogen-bond acceptors (Lipinski definition) is 6. The first-order valence-corrected chi connectivity index (χ1v) is 10.3. The van der Waals surface area contributed by atoms with E-state index < -0.39 is 0 Å². The van der Waals surface area contributed by atoms with Crippen molar-refractivity contribution in [1.82, 2.24) is 15.1 Å². The SMILES string of the molecule is Cc1ccc(-c2ccc(OC3CCN(c4nc(C(C)C)no4)CC3)cc2)c(C)n1. The molecular weight excluding hydrogens is 364 g/mol. The Morgan fingerprint density at radius 1 is 1.00 bits per heavy atom. The molecular formula is C23H28N4O2. The van der Waals surface area contributed by atoms with E-state index in [9.17, 15) is 0 Å². The zero-order chi connectivity index (χ0) is 20.4. The van der Waals surface area contributed by atoms with E-state index >= 15 is 0 Å². The fourth-order valence-electron chi connectivity index (χ4n) is 3.65. The highest BCUT2D eigenvalue weighted by Gasteiger charge is 2.24. The Labute approximate surface area is 171 Å². The summed E-state index contributed by atoms with van der Waals surface area (Å²) >= 11 is 0. The van der Waals surface area contributed by atoms with Crippen LogP contribution < -0.4 is 9.64 Å². The number of piperidine rings is 1. The second-order valence-corrected chi connectivity index (χ2v) is 8.00. The molecule has 29 heavy (non-hydrogen) atoms. The number of nitrogens with zero attached hydrogens (tertiary/aromatic N) is 4. The van der Waals surface area contributed by atoms with Crippen LogP contribution in [0.15, 0.2) is 40.9 Å². The minimum Gasteiger partial charge on any atom is -0.490 e. The molecule has 152 valence electrons. The summed E-state index contributed by atoms with van der Waals surface area (Å²) in [7, 11) is 0. The third-order valence-electron chi connectivity index (χ3n) is 5.35. The van der Waals surface area contributed by atoms with Crippen LogP contribution in [0.2, 0.25) is 0 Å². The predicted molar refractivity (Wildman–Crippen MR) is 113 cm³/mol. The van der Waals surface area contributed by atoms with Crippen LogP contribution in [0.4, 0.5) is 6.01 Å². The van der Waals surface area contributed by atoms with Gasteiger partial charge in [0.2, 0.25) is 0 Å². The summed E-state index contributed by atoms with van der Waals surface area (Å²) in [5.74, 6) is 1.94. The number of anilines is 1. The summed E-state index contributed by atoms with van der Waals surface area (Å²) in [5.41, 5.74) is 4.41. The monoisotopic (exact) mass is 392 g/mol. The fraction of sp³-hybridized carbons (Fsp3) is 0.435. The highest BCUT2D eigenvalue weighted by atomic mass is 16.5. The van der Waals surface area contributed by atoms with Crippen LogP contribution in [0.25, 0.3) is 11.1 Å². The molecule has 1 aliphatic rings.